The van der Waals surface area contributed by atoms with Gasteiger partial charge in [-0.15, -0.1) is 0 Å². The van der Waals surface area contributed by atoms with Crippen molar-refractivity contribution in [3.05, 3.63) is 53.2 Å². The van der Waals surface area contributed by atoms with Crippen molar-refractivity contribution in [1.29, 1.82) is 0 Å². The largest absolute Gasteiger partial charge is 0.472 e. The van der Waals surface area contributed by atoms with Gasteiger partial charge in [-0.05, 0) is 30.2 Å². The van der Waals surface area contributed by atoms with Crippen LogP contribution < -0.4 is 21.1 Å². The highest BCUT2D eigenvalue weighted by Crippen LogP contribution is 2.27. The van der Waals surface area contributed by atoms with E-state index in [0.29, 0.717) is 24.5 Å². The van der Waals surface area contributed by atoms with E-state index in [-0.39, 0.29) is 6.10 Å². The number of carbonyl (C=O) groups is 1. The number of rotatable bonds is 5. The molecule has 6 heteroatoms. The smallest absolute Gasteiger partial charge is 0.250 e. The number of hydrogen-bond acceptors (Lipinski definition) is 5. The van der Waals surface area contributed by atoms with Gasteiger partial charge >= 0.3 is 0 Å². The summed E-state index contributed by atoms with van der Waals surface area (Å²) in [5, 5.41) is 0. The third-order valence-corrected chi connectivity index (χ3v) is 4.22. The second kappa shape index (κ2) is 6.88. The molecule has 24 heavy (non-hydrogen) atoms. The molecule has 1 amide bonds. The lowest BCUT2D eigenvalue weighted by Gasteiger charge is -2.21. The van der Waals surface area contributed by atoms with Crippen LogP contribution in [0.1, 0.15) is 27.9 Å². The fraction of sp³-hybridized carbons (Fsp3) is 0.333. The zero-order chi connectivity index (χ0) is 17.1. The molecule has 2 heterocycles. The summed E-state index contributed by atoms with van der Waals surface area (Å²) in [4.78, 5) is 18.2. The molecule has 3 rings (SSSR count). The van der Waals surface area contributed by atoms with Crippen LogP contribution in [-0.2, 0) is 6.54 Å². The van der Waals surface area contributed by atoms with Gasteiger partial charge in [0, 0.05) is 37.5 Å². The fourth-order valence-corrected chi connectivity index (χ4v) is 2.92. The molecule has 0 aliphatic carbocycles. The van der Waals surface area contributed by atoms with Gasteiger partial charge in [-0.3, -0.25) is 4.79 Å². The van der Waals surface area contributed by atoms with Crippen LogP contribution in [0.4, 0.5) is 5.69 Å². The minimum Gasteiger partial charge on any atom is -0.472 e. The van der Waals surface area contributed by atoms with E-state index in [1.165, 1.54) is 0 Å². The van der Waals surface area contributed by atoms with Gasteiger partial charge in [-0.25, -0.2) is 4.98 Å². The third-order valence-electron chi connectivity index (χ3n) is 4.22. The first kappa shape index (κ1) is 16.3. The van der Waals surface area contributed by atoms with Crippen molar-refractivity contribution in [3.8, 4) is 5.88 Å². The highest BCUT2D eigenvalue weighted by Gasteiger charge is 2.27. The average molecular weight is 326 g/mol. The molecule has 4 N–H and O–H groups in total. The molecule has 1 fully saturated rings. The monoisotopic (exact) mass is 326 g/mol. The lowest BCUT2D eigenvalue weighted by atomic mass is 10.1. The molecular formula is C18H22N4O2. The van der Waals surface area contributed by atoms with Crippen LogP contribution in [0.5, 0.6) is 5.88 Å². The summed E-state index contributed by atoms with van der Waals surface area (Å²) in [7, 11) is 0. The topological polar surface area (TPSA) is 94.5 Å². The van der Waals surface area contributed by atoms with Gasteiger partial charge in [0.05, 0.1) is 12.1 Å². The van der Waals surface area contributed by atoms with E-state index in [4.69, 9.17) is 16.2 Å². The number of carbonyl (C=O) groups excluding carboxylic acids is 1. The van der Waals surface area contributed by atoms with Crippen molar-refractivity contribution in [2.45, 2.75) is 26.0 Å². The Morgan fingerprint density at radius 3 is 2.88 bits per heavy atom. The molecule has 1 aliphatic rings. The van der Waals surface area contributed by atoms with Crippen LogP contribution in [0, 0.1) is 6.92 Å². The molecule has 1 aliphatic heterocycles. The second-order valence-corrected chi connectivity index (χ2v) is 6.07. The summed E-state index contributed by atoms with van der Waals surface area (Å²) in [6.07, 6.45) is 2.70. The van der Waals surface area contributed by atoms with Gasteiger partial charge < -0.3 is 21.1 Å². The Morgan fingerprint density at radius 1 is 1.38 bits per heavy atom. The number of primary amides is 1. The molecule has 1 aromatic carbocycles. The van der Waals surface area contributed by atoms with Crippen molar-refractivity contribution in [2.75, 3.05) is 18.0 Å². The number of benzene rings is 1. The maximum atomic E-state index is 11.8. The molecule has 2 aromatic rings. The Hall–Kier alpha value is -2.60. The summed E-state index contributed by atoms with van der Waals surface area (Å²) in [6.45, 7) is 3.87. The molecular weight excluding hydrogens is 304 g/mol. The van der Waals surface area contributed by atoms with Gasteiger partial charge in [0.2, 0.25) is 5.88 Å². The van der Waals surface area contributed by atoms with Crippen molar-refractivity contribution in [2.24, 2.45) is 11.5 Å². The van der Waals surface area contributed by atoms with Crippen LogP contribution in [-0.4, -0.2) is 30.1 Å². The third kappa shape index (κ3) is 3.49. The predicted molar refractivity (Wildman–Crippen MR) is 93.1 cm³/mol. The fourth-order valence-electron chi connectivity index (χ4n) is 2.92. The van der Waals surface area contributed by atoms with Gasteiger partial charge in [0.15, 0.2) is 0 Å². The van der Waals surface area contributed by atoms with E-state index in [9.17, 15) is 4.79 Å². The maximum Gasteiger partial charge on any atom is 0.250 e. The Morgan fingerprint density at radius 2 is 2.21 bits per heavy atom. The number of nitrogens with two attached hydrogens (primary N) is 2. The van der Waals surface area contributed by atoms with Gasteiger partial charge in [-0.2, -0.15) is 0 Å². The summed E-state index contributed by atoms with van der Waals surface area (Å²) in [5.41, 5.74) is 14.5. The molecule has 0 saturated carbocycles. The van der Waals surface area contributed by atoms with Crippen LogP contribution in [0.15, 0.2) is 36.5 Å². The van der Waals surface area contributed by atoms with Crippen molar-refractivity contribution in [3.63, 3.8) is 0 Å². The standard InChI is InChI=1S/C18H22N4O2/c1-12-2-5-17(21-10-12)24-14-6-7-22(11-14)16-4-3-13(9-19)8-15(16)18(20)23/h2-5,8,10,14H,6-7,9,11,19H2,1H3,(H2,20,23)/t14-/m0/s1. The Bertz CT molecular complexity index is 730. The number of ether oxygens (including phenoxy) is 1. The zero-order valence-electron chi connectivity index (χ0n) is 13.7. The number of aromatic nitrogens is 1. The highest BCUT2D eigenvalue weighted by atomic mass is 16.5. The molecule has 126 valence electrons. The summed E-state index contributed by atoms with van der Waals surface area (Å²) < 4.78 is 5.94. The lowest BCUT2D eigenvalue weighted by Crippen LogP contribution is -2.27. The molecule has 0 spiro atoms. The van der Waals surface area contributed by atoms with Crippen LogP contribution >= 0.6 is 0 Å². The molecule has 6 nitrogen and oxygen atoms in total. The molecule has 0 radical (unpaired) electrons. The summed E-state index contributed by atoms with van der Waals surface area (Å²) in [6, 6.07) is 9.47. The quantitative estimate of drug-likeness (QED) is 0.870. The molecule has 1 aromatic heterocycles. The first-order valence-corrected chi connectivity index (χ1v) is 8.04. The second-order valence-electron chi connectivity index (χ2n) is 6.07. The first-order valence-electron chi connectivity index (χ1n) is 8.04. The minimum absolute atomic E-state index is 0.0371. The van der Waals surface area contributed by atoms with Gasteiger partial charge in [-0.1, -0.05) is 12.1 Å². The van der Waals surface area contributed by atoms with Gasteiger partial charge in [0.1, 0.15) is 6.10 Å². The predicted octanol–water partition coefficient (Wildman–Crippen LogP) is 1.61. The van der Waals surface area contributed by atoms with Crippen molar-refractivity contribution in [1.82, 2.24) is 4.98 Å². The highest BCUT2D eigenvalue weighted by molar-refractivity contribution is 5.99. The molecule has 0 bridgehead atoms. The SMILES string of the molecule is Cc1ccc(O[C@H]2CCN(c3ccc(CN)cc3C(N)=O)C2)nc1. The number of anilines is 1. The zero-order valence-corrected chi connectivity index (χ0v) is 13.7. The normalized spacial score (nSPS) is 17.1. The number of hydrogen-bond donors (Lipinski definition) is 2. The number of aryl methyl sites for hydroxylation is 1. The Kier molecular flexibility index (Phi) is 4.66. The van der Waals surface area contributed by atoms with Gasteiger partial charge in [0.25, 0.3) is 5.91 Å². The maximum absolute atomic E-state index is 11.8. The van der Waals surface area contributed by atoms with Crippen molar-refractivity contribution >= 4 is 11.6 Å². The van der Waals surface area contributed by atoms with Crippen LogP contribution in [0.3, 0.4) is 0 Å². The first-order chi connectivity index (χ1) is 11.6. The molecule has 1 atom stereocenters. The molecule has 1 saturated heterocycles. The lowest BCUT2D eigenvalue weighted by molar-refractivity contribution is 0.100. The Labute approximate surface area is 141 Å². The van der Waals surface area contributed by atoms with E-state index in [0.717, 1.165) is 29.8 Å². The average Bonchev–Trinajstić information content (AvgIpc) is 3.04. The Balaban J connectivity index is 1.73. The van der Waals surface area contributed by atoms with E-state index in [2.05, 4.69) is 9.88 Å². The van der Waals surface area contributed by atoms with E-state index in [1.807, 2.05) is 31.2 Å². The summed E-state index contributed by atoms with van der Waals surface area (Å²) >= 11 is 0. The molecule has 0 unspecified atom stereocenters. The van der Waals surface area contributed by atoms with E-state index >= 15 is 0 Å². The van der Waals surface area contributed by atoms with E-state index in [1.54, 1.807) is 12.3 Å². The number of nitrogens with zero attached hydrogens (tertiary/aromatic N) is 2. The number of pyridine rings is 1. The van der Waals surface area contributed by atoms with Crippen LogP contribution in [0.2, 0.25) is 0 Å². The minimum atomic E-state index is -0.440. The van der Waals surface area contributed by atoms with E-state index < -0.39 is 5.91 Å². The number of amides is 1. The van der Waals surface area contributed by atoms with Crippen molar-refractivity contribution < 1.29 is 9.53 Å². The van der Waals surface area contributed by atoms with Crippen LogP contribution in [0.25, 0.3) is 0 Å². The summed E-state index contributed by atoms with van der Waals surface area (Å²) in [5.74, 6) is 0.186.